The molecule has 2 N–H and O–H groups in total. The quantitative estimate of drug-likeness (QED) is 0.733. The van der Waals surface area contributed by atoms with Crippen LogP contribution in [0.15, 0.2) is 35.3 Å². The monoisotopic (exact) mass is 332 g/mol. The van der Waals surface area contributed by atoms with Gasteiger partial charge < -0.3 is 20.0 Å². The van der Waals surface area contributed by atoms with Crippen molar-refractivity contribution in [1.29, 1.82) is 0 Å². The van der Waals surface area contributed by atoms with Gasteiger partial charge in [0.05, 0.1) is 25.3 Å². The maximum atomic E-state index is 12.4. The van der Waals surface area contributed by atoms with Crippen LogP contribution in [0.25, 0.3) is 17.0 Å². The first kappa shape index (κ1) is 17.7. The highest BCUT2D eigenvalue weighted by Crippen LogP contribution is 2.15. The Labute approximate surface area is 139 Å². The zero-order chi connectivity index (χ0) is 17.7. The van der Waals surface area contributed by atoms with Crippen LogP contribution in [0.4, 0.5) is 0 Å². The van der Waals surface area contributed by atoms with Crippen molar-refractivity contribution >= 4 is 22.9 Å². The van der Waals surface area contributed by atoms with Gasteiger partial charge in [-0.05, 0) is 17.7 Å². The zero-order valence-corrected chi connectivity index (χ0v) is 13.6. The van der Waals surface area contributed by atoms with Crippen molar-refractivity contribution in [2.75, 3.05) is 38.9 Å². The van der Waals surface area contributed by atoms with E-state index in [1.807, 2.05) is 6.07 Å². The average molecular weight is 332 g/mol. The summed E-state index contributed by atoms with van der Waals surface area (Å²) < 4.78 is 6.75. The molecule has 2 rings (SSSR count). The fraction of sp³-hybridized carbons (Fsp3) is 0.294. The van der Waals surface area contributed by atoms with Crippen molar-refractivity contribution in [3.05, 3.63) is 51.8 Å². The number of rotatable bonds is 7. The third-order valence-corrected chi connectivity index (χ3v) is 3.43. The number of aliphatic hydroxyl groups excluding tert-OH is 1. The minimum Gasteiger partial charge on any atom is -0.477 e. The molecule has 1 heterocycles. The van der Waals surface area contributed by atoms with E-state index in [-0.39, 0.29) is 18.8 Å². The lowest BCUT2D eigenvalue weighted by molar-refractivity contribution is 0.0695. The van der Waals surface area contributed by atoms with Crippen molar-refractivity contribution in [3.8, 4) is 0 Å². The summed E-state index contributed by atoms with van der Waals surface area (Å²) in [5.41, 5.74) is 0.606. The number of aromatic carboxylic acids is 1. The Morgan fingerprint density at radius 1 is 1.38 bits per heavy atom. The first-order chi connectivity index (χ1) is 11.5. The van der Waals surface area contributed by atoms with Gasteiger partial charge in [0.15, 0.2) is 0 Å². The maximum Gasteiger partial charge on any atom is 0.341 e. The molecule has 0 amide bonds. The van der Waals surface area contributed by atoms with E-state index in [1.54, 1.807) is 48.1 Å². The van der Waals surface area contributed by atoms with Gasteiger partial charge in [0, 0.05) is 25.7 Å². The summed E-state index contributed by atoms with van der Waals surface area (Å²) in [5.74, 6) is -1.25. The molecule has 0 atom stereocenters. The number of aliphatic hydroxyl groups is 1. The molecule has 0 saturated carbocycles. The number of nitrogens with zero attached hydrogens (tertiary/aromatic N) is 2. The van der Waals surface area contributed by atoms with Crippen LogP contribution in [0.5, 0.6) is 0 Å². The Kier molecular flexibility index (Phi) is 5.73. The van der Waals surface area contributed by atoms with Crippen LogP contribution in [-0.4, -0.2) is 54.8 Å². The molecule has 0 aliphatic rings. The molecule has 0 aliphatic heterocycles. The predicted octanol–water partition coefficient (Wildman–Crippen LogP) is 0.919. The average Bonchev–Trinajstić information content (AvgIpc) is 2.54. The zero-order valence-electron chi connectivity index (χ0n) is 13.6. The molecule has 0 saturated heterocycles. The first-order valence-corrected chi connectivity index (χ1v) is 7.41. The largest absolute Gasteiger partial charge is 0.477 e. The number of carboxylic acid groups (broad SMARTS) is 1. The maximum absolute atomic E-state index is 12.4. The molecule has 24 heavy (non-hydrogen) atoms. The topological polar surface area (TPSA) is 92.0 Å². The SMILES string of the molecule is CN(C)n1cc(C(=O)O)c(=O)c2cc(/C=C/COCCO)ccc21. The van der Waals surface area contributed by atoms with Crippen molar-refractivity contribution in [2.24, 2.45) is 0 Å². The smallest absolute Gasteiger partial charge is 0.341 e. The van der Waals surface area contributed by atoms with Crippen LogP contribution in [0.3, 0.4) is 0 Å². The number of hydrogen-bond acceptors (Lipinski definition) is 5. The molecule has 0 unspecified atom stereocenters. The summed E-state index contributed by atoms with van der Waals surface area (Å²) >= 11 is 0. The molecule has 2 aromatic rings. The summed E-state index contributed by atoms with van der Waals surface area (Å²) in [6, 6.07) is 5.27. The molecule has 1 aromatic heterocycles. The number of fused-ring (bicyclic) bond motifs is 1. The van der Waals surface area contributed by atoms with Gasteiger partial charge in [0.1, 0.15) is 5.56 Å². The minimum atomic E-state index is -1.25. The van der Waals surface area contributed by atoms with E-state index in [1.165, 1.54) is 6.20 Å². The van der Waals surface area contributed by atoms with Gasteiger partial charge in [0.2, 0.25) is 5.43 Å². The van der Waals surface area contributed by atoms with Gasteiger partial charge in [-0.25, -0.2) is 4.79 Å². The fourth-order valence-corrected chi connectivity index (χ4v) is 2.32. The molecule has 7 heteroatoms. The molecule has 7 nitrogen and oxygen atoms in total. The summed E-state index contributed by atoms with van der Waals surface area (Å²) in [5, 5.41) is 19.9. The van der Waals surface area contributed by atoms with Crippen LogP contribution in [0.2, 0.25) is 0 Å². The number of carboxylic acids is 1. The standard InChI is InChI=1S/C17H20N2O5/c1-18(2)19-11-14(17(22)23)16(21)13-10-12(5-6-15(13)19)4-3-8-24-9-7-20/h3-6,10-11,20H,7-9H2,1-2H3,(H,22,23)/b4-3+. The second kappa shape index (κ2) is 7.76. The molecule has 0 fully saturated rings. The normalized spacial score (nSPS) is 11.3. The van der Waals surface area contributed by atoms with E-state index < -0.39 is 11.4 Å². The van der Waals surface area contributed by atoms with E-state index in [0.29, 0.717) is 17.5 Å². The Bertz CT molecular complexity index is 824. The van der Waals surface area contributed by atoms with Crippen molar-refractivity contribution in [1.82, 2.24) is 4.68 Å². The van der Waals surface area contributed by atoms with Gasteiger partial charge in [-0.15, -0.1) is 0 Å². The van der Waals surface area contributed by atoms with Crippen LogP contribution in [0, 0.1) is 0 Å². The van der Waals surface area contributed by atoms with Crippen molar-refractivity contribution in [2.45, 2.75) is 0 Å². The Morgan fingerprint density at radius 3 is 2.75 bits per heavy atom. The van der Waals surface area contributed by atoms with Gasteiger partial charge in [-0.3, -0.25) is 9.47 Å². The summed E-state index contributed by atoms with van der Waals surface area (Å²) in [7, 11) is 3.53. The third kappa shape index (κ3) is 3.81. The van der Waals surface area contributed by atoms with Crippen LogP contribution < -0.4 is 10.4 Å². The van der Waals surface area contributed by atoms with Crippen LogP contribution >= 0.6 is 0 Å². The number of carbonyl (C=O) groups is 1. The number of hydrogen-bond donors (Lipinski definition) is 2. The molecule has 0 spiro atoms. The van der Waals surface area contributed by atoms with Crippen LogP contribution in [-0.2, 0) is 4.74 Å². The first-order valence-electron chi connectivity index (χ1n) is 7.41. The Hall–Kier alpha value is -2.64. The summed E-state index contributed by atoms with van der Waals surface area (Å²) in [4.78, 5) is 23.7. The predicted molar refractivity (Wildman–Crippen MR) is 92.2 cm³/mol. The lowest BCUT2D eigenvalue weighted by atomic mass is 10.1. The Morgan fingerprint density at radius 2 is 2.12 bits per heavy atom. The number of aromatic nitrogens is 1. The number of pyridine rings is 1. The molecular formula is C17H20N2O5. The molecule has 0 radical (unpaired) electrons. The van der Waals surface area contributed by atoms with E-state index in [9.17, 15) is 14.7 Å². The second-order valence-electron chi connectivity index (χ2n) is 5.35. The minimum absolute atomic E-state index is 0.0359. The van der Waals surface area contributed by atoms with E-state index >= 15 is 0 Å². The highest BCUT2D eigenvalue weighted by atomic mass is 16.5. The van der Waals surface area contributed by atoms with E-state index in [0.717, 1.165) is 5.56 Å². The molecule has 1 aromatic carbocycles. The van der Waals surface area contributed by atoms with Gasteiger partial charge in [-0.1, -0.05) is 18.2 Å². The molecule has 128 valence electrons. The lowest BCUT2D eigenvalue weighted by Gasteiger charge is -2.20. The fourth-order valence-electron chi connectivity index (χ4n) is 2.32. The highest BCUT2D eigenvalue weighted by Gasteiger charge is 2.15. The van der Waals surface area contributed by atoms with Crippen molar-refractivity contribution < 1.29 is 19.7 Å². The van der Waals surface area contributed by atoms with Gasteiger partial charge in [0.25, 0.3) is 0 Å². The highest BCUT2D eigenvalue weighted by molar-refractivity contribution is 5.93. The number of benzene rings is 1. The van der Waals surface area contributed by atoms with Gasteiger partial charge in [-0.2, -0.15) is 0 Å². The van der Waals surface area contributed by atoms with Crippen LogP contribution in [0.1, 0.15) is 15.9 Å². The molecular weight excluding hydrogens is 312 g/mol. The third-order valence-electron chi connectivity index (χ3n) is 3.43. The Balaban J connectivity index is 2.48. The van der Waals surface area contributed by atoms with E-state index in [2.05, 4.69) is 0 Å². The molecule has 0 bridgehead atoms. The van der Waals surface area contributed by atoms with Gasteiger partial charge >= 0.3 is 5.97 Å². The lowest BCUT2D eigenvalue weighted by Crippen LogP contribution is -2.29. The molecule has 0 aliphatic carbocycles. The van der Waals surface area contributed by atoms with E-state index in [4.69, 9.17) is 9.84 Å². The summed E-state index contributed by atoms with van der Waals surface area (Å²) in [6.07, 6.45) is 4.87. The second-order valence-corrected chi connectivity index (χ2v) is 5.35. The summed E-state index contributed by atoms with van der Waals surface area (Å²) in [6.45, 7) is 0.569. The van der Waals surface area contributed by atoms with Crippen molar-refractivity contribution in [3.63, 3.8) is 0 Å². The number of ether oxygens (including phenoxy) is 1.